The summed E-state index contributed by atoms with van der Waals surface area (Å²) in [5.41, 5.74) is 1.37. The van der Waals surface area contributed by atoms with Crippen molar-refractivity contribution in [3.8, 4) is 0 Å². The van der Waals surface area contributed by atoms with Crippen molar-refractivity contribution in [2.75, 3.05) is 53.0 Å². The summed E-state index contributed by atoms with van der Waals surface area (Å²) in [5, 5.41) is 3.50. The van der Waals surface area contributed by atoms with Crippen LogP contribution in [0.5, 0.6) is 0 Å². The van der Waals surface area contributed by atoms with E-state index >= 15 is 0 Å². The molecule has 3 rings (SSSR count). The van der Waals surface area contributed by atoms with Gasteiger partial charge in [0, 0.05) is 53.0 Å². The summed E-state index contributed by atoms with van der Waals surface area (Å²) in [4.78, 5) is 9.41. The molecule has 2 atom stereocenters. The third kappa shape index (κ3) is 7.38. The molecule has 1 N–H and O–H groups in total. The van der Waals surface area contributed by atoms with E-state index in [1.54, 1.807) is 0 Å². The Kier molecular flexibility index (Phi) is 10.7. The fraction of sp³-hybridized carbons (Fsp3) is 0.682. The van der Waals surface area contributed by atoms with Gasteiger partial charge in [-0.05, 0) is 17.9 Å². The van der Waals surface area contributed by atoms with E-state index < -0.39 is 0 Å². The van der Waals surface area contributed by atoms with E-state index in [0.717, 1.165) is 64.9 Å². The zero-order chi connectivity index (χ0) is 19.8. The molecule has 0 radical (unpaired) electrons. The number of ether oxygens (including phenoxy) is 2. The summed E-state index contributed by atoms with van der Waals surface area (Å²) >= 11 is 0. The molecule has 1 aromatic rings. The van der Waals surface area contributed by atoms with Gasteiger partial charge in [-0.25, -0.2) is 0 Å². The molecule has 0 aliphatic carbocycles. The number of halogens is 1. The van der Waals surface area contributed by atoms with Crippen molar-refractivity contribution in [3.05, 3.63) is 35.9 Å². The largest absolute Gasteiger partial charge is 0.381 e. The Morgan fingerprint density at radius 1 is 1.28 bits per heavy atom. The average molecular weight is 516 g/mol. The quantitative estimate of drug-likeness (QED) is 0.249. The highest BCUT2D eigenvalue weighted by Crippen LogP contribution is 2.24. The molecule has 7 heteroatoms. The standard InChI is InChI=1S/C22H36N4O2.HI/c1-18(2)17-27-12-7-10-24-22(23-3)26-15-20-21(16-26)28-13-11-25(20)14-19-8-5-4-6-9-19;/h4-6,8-9,18,20-21H,7,10-17H2,1-3H3,(H,23,24);1H. The minimum absolute atomic E-state index is 0. The van der Waals surface area contributed by atoms with E-state index in [4.69, 9.17) is 9.47 Å². The molecule has 0 aromatic heterocycles. The van der Waals surface area contributed by atoms with Gasteiger partial charge in [-0.1, -0.05) is 44.2 Å². The van der Waals surface area contributed by atoms with Crippen LogP contribution in [0.15, 0.2) is 35.3 Å². The van der Waals surface area contributed by atoms with Crippen LogP contribution in [0.3, 0.4) is 0 Å². The SMILES string of the molecule is CN=C(NCCCOCC(C)C)N1CC2OCCN(Cc3ccccc3)C2C1.I. The minimum atomic E-state index is 0. The van der Waals surface area contributed by atoms with Gasteiger partial charge in [0.05, 0.1) is 18.8 Å². The maximum absolute atomic E-state index is 6.09. The number of benzene rings is 1. The Morgan fingerprint density at radius 2 is 2.07 bits per heavy atom. The summed E-state index contributed by atoms with van der Waals surface area (Å²) in [6.07, 6.45) is 1.24. The van der Waals surface area contributed by atoms with Crippen LogP contribution in [-0.2, 0) is 16.0 Å². The highest BCUT2D eigenvalue weighted by Gasteiger charge is 2.41. The molecule has 0 saturated carbocycles. The second-order valence-electron chi connectivity index (χ2n) is 8.13. The van der Waals surface area contributed by atoms with Crippen LogP contribution in [0, 0.1) is 5.92 Å². The molecule has 2 aliphatic heterocycles. The lowest BCUT2D eigenvalue weighted by Gasteiger charge is -2.36. The van der Waals surface area contributed by atoms with E-state index in [2.05, 4.69) is 64.3 Å². The third-order valence-electron chi connectivity index (χ3n) is 5.36. The van der Waals surface area contributed by atoms with Crippen molar-refractivity contribution < 1.29 is 9.47 Å². The van der Waals surface area contributed by atoms with Crippen LogP contribution in [0.25, 0.3) is 0 Å². The summed E-state index contributed by atoms with van der Waals surface area (Å²) in [5.74, 6) is 1.56. The van der Waals surface area contributed by atoms with E-state index in [0.29, 0.717) is 12.0 Å². The fourth-order valence-electron chi connectivity index (χ4n) is 3.97. The Balaban J connectivity index is 0.00000300. The van der Waals surface area contributed by atoms with Crippen LogP contribution in [-0.4, -0.2) is 81.0 Å². The fourth-order valence-corrected chi connectivity index (χ4v) is 3.97. The topological polar surface area (TPSA) is 49.3 Å². The van der Waals surface area contributed by atoms with Crippen LogP contribution in [0.2, 0.25) is 0 Å². The molecule has 0 spiro atoms. The highest BCUT2D eigenvalue weighted by atomic mass is 127. The van der Waals surface area contributed by atoms with Crippen molar-refractivity contribution in [3.63, 3.8) is 0 Å². The first-order valence-corrected chi connectivity index (χ1v) is 10.6. The maximum atomic E-state index is 6.09. The molecule has 2 fully saturated rings. The predicted octanol–water partition coefficient (Wildman–Crippen LogP) is 2.83. The number of morpholine rings is 1. The number of likely N-dealkylation sites (tertiary alicyclic amines) is 1. The number of nitrogens with zero attached hydrogens (tertiary/aromatic N) is 3. The van der Waals surface area contributed by atoms with Gasteiger partial charge in [-0.2, -0.15) is 0 Å². The number of hydrogen-bond acceptors (Lipinski definition) is 4. The van der Waals surface area contributed by atoms with Gasteiger partial charge in [-0.3, -0.25) is 9.89 Å². The molecule has 1 aromatic carbocycles. The number of aliphatic imine (C=N–C) groups is 1. The molecule has 2 aliphatic rings. The normalized spacial score (nSPS) is 22.5. The van der Waals surface area contributed by atoms with Crippen LogP contribution < -0.4 is 5.32 Å². The first-order valence-electron chi connectivity index (χ1n) is 10.6. The Hall–Kier alpha value is -0.900. The van der Waals surface area contributed by atoms with Gasteiger partial charge < -0.3 is 19.7 Å². The number of hydrogen-bond donors (Lipinski definition) is 1. The van der Waals surface area contributed by atoms with Gasteiger partial charge >= 0.3 is 0 Å². The Bertz CT molecular complexity index is 614. The van der Waals surface area contributed by atoms with Crippen LogP contribution in [0.4, 0.5) is 0 Å². The first kappa shape index (κ1) is 24.4. The van der Waals surface area contributed by atoms with Gasteiger partial charge in [0.25, 0.3) is 0 Å². The molecule has 6 nitrogen and oxygen atoms in total. The molecule has 0 bridgehead atoms. The Morgan fingerprint density at radius 3 is 2.79 bits per heavy atom. The van der Waals surface area contributed by atoms with Crippen molar-refractivity contribution in [2.24, 2.45) is 10.9 Å². The van der Waals surface area contributed by atoms with E-state index in [1.165, 1.54) is 5.56 Å². The summed E-state index contributed by atoms with van der Waals surface area (Å²) in [6, 6.07) is 11.1. The predicted molar refractivity (Wildman–Crippen MR) is 129 cm³/mol. The van der Waals surface area contributed by atoms with Gasteiger partial charge in [0.15, 0.2) is 5.96 Å². The van der Waals surface area contributed by atoms with Gasteiger partial charge in [-0.15, -0.1) is 24.0 Å². The van der Waals surface area contributed by atoms with Crippen molar-refractivity contribution in [1.82, 2.24) is 15.1 Å². The first-order chi connectivity index (χ1) is 13.7. The van der Waals surface area contributed by atoms with Gasteiger partial charge in [0.2, 0.25) is 0 Å². The Labute approximate surface area is 193 Å². The molecule has 0 amide bonds. The zero-order valence-corrected chi connectivity index (χ0v) is 20.4. The average Bonchev–Trinajstić information content (AvgIpc) is 3.13. The molecular weight excluding hydrogens is 479 g/mol. The van der Waals surface area contributed by atoms with Crippen LogP contribution >= 0.6 is 24.0 Å². The van der Waals surface area contributed by atoms with Crippen molar-refractivity contribution in [1.29, 1.82) is 0 Å². The second kappa shape index (κ2) is 12.7. The van der Waals surface area contributed by atoms with Crippen molar-refractivity contribution in [2.45, 2.75) is 39.0 Å². The van der Waals surface area contributed by atoms with Crippen molar-refractivity contribution >= 4 is 29.9 Å². The lowest BCUT2D eigenvalue weighted by atomic mass is 10.1. The summed E-state index contributed by atoms with van der Waals surface area (Å²) < 4.78 is 11.8. The zero-order valence-electron chi connectivity index (χ0n) is 18.0. The lowest BCUT2D eigenvalue weighted by Crippen LogP contribution is -2.50. The van der Waals surface area contributed by atoms with Gasteiger partial charge in [0.1, 0.15) is 0 Å². The maximum Gasteiger partial charge on any atom is 0.193 e. The molecule has 2 saturated heterocycles. The van der Waals surface area contributed by atoms with E-state index in [-0.39, 0.29) is 30.1 Å². The highest BCUT2D eigenvalue weighted by molar-refractivity contribution is 14.0. The lowest BCUT2D eigenvalue weighted by molar-refractivity contribution is -0.0502. The second-order valence-corrected chi connectivity index (χ2v) is 8.13. The third-order valence-corrected chi connectivity index (χ3v) is 5.36. The number of fused-ring (bicyclic) bond motifs is 1. The van der Waals surface area contributed by atoms with E-state index in [9.17, 15) is 0 Å². The molecule has 29 heavy (non-hydrogen) atoms. The molecule has 2 unspecified atom stereocenters. The monoisotopic (exact) mass is 516 g/mol. The van der Waals surface area contributed by atoms with Crippen LogP contribution in [0.1, 0.15) is 25.8 Å². The number of guanidine groups is 1. The molecule has 2 heterocycles. The summed E-state index contributed by atoms with van der Waals surface area (Å²) in [6.45, 7) is 11.5. The molecule has 164 valence electrons. The number of nitrogens with one attached hydrogen (secondary N) is 1. The molecular formula is C22H37IN4O2. The minimum Gasteiger partial charge on any atom is -0.381 e. The number of rotatable bonds is 8. The smallest absolute Gasteiger partial charge is 0.193 e. The summed E-state index contributed by atoms with van der Waals surface area (Å²) in [7, 11) is 1.86. The van der Waals surface area contributed by atoms with E-state index in [1.807, 2.05) is 7.05 Å².